The number of ether oxygens (including phenoxy) is 2. The van der Waals surface area contributed by atoms with Crippen molar-refractivity contribution >= 4 is 23.2 Å². The first kappa shape index (κ1) is 21.4. The summed E-state index contributed by atoms with van der Waals surface area (Å²) in [5.74, 6) is -0.522. The highest BCUT2D eigenvalue weighted by molar-refractivity contribution is 7.09. The van der Waals surface area contributed by atoms with Crippen LogP contribution in [0.3, 0.4) is 0 Å². The highest BCUT2D eigenvalue weighted by atomic mass is 32.1. The second kappa shape index (κ2) is 9.47. The number of thiazole rings is 1. The van der Waals surface area contributed by atoms with Crippen molar-refractivity contribution in [2.24, 2.45) is 0 Å². The van der Waals surface area contributed by atoms with E-state index in [1.807, 2.05) is 61.4 Å². The molecule has 1 amide bonds. The van der Waals surface area contributed by atoms with E-state index in [9.17, 15) is 9.59 Å². The molecule has 29 heavy (non-hydrogen) atoms. The molecule has 2 heterocycles. The third-order valence-electron chi connectivity index (χ3n) is 4.32. The molecule has 1 aliphatic rings. The average molecular weight is 418 g/mol. The van der Waals surface area contributed by atoms with E-state index in [0.717, 1.165) is 10.6 Å². The molecule has 2 atom stereocenters. The van der Waals surface area contributed by atoms with Gasteiger partial charge in [0.15, 0.2) is 6.10 Å². The summed E-state index contributed by atoms with van der Waals surface area (Å²) in [6, 6.07) is 9.46. The third-order valence-corrected chi connectivity index (χ3v) is 5.16. The number of nitrogens with one attached hydrogen (secondary N) is 1. The molecule has 0 saturated carbocycles. The Labute approximate surface area is 175 Å². The van der Waals surface area contributed by atoms with Crippen molar-refractivity contribution in [1.82, 2.24) is 15.2 Å². The van der Waals surface area contributed by atoms with Crippen LogP contribution in [0.25, 0.3) is 0 Å². The van der Waals surface area contributed by atoms with Gasteiger partial charge in [0.25, 0.3) is 0 Å². The number of morpholine rings is 1. The lowest BCUT2D eigenvalue weighted by Crippen LogP contribution is -2.50. The second-order valence-corrected chi connectivity index (χ2v) is 8.84. The number of amides is 1. The zero-order valence-electron chi connectivity index (χ0n) is 17.0. The van der Waals surface area contributed by atoms with E-state index in [4.69, 9.17) is 9.47 Å². The lowest BCUT2D eigenvalue weighted by atomic mass is 10.1. The quantitative estimate of drug-likeness (QED) is 0.727. The van der Waals surface area contributed by atoms with Crippen LogP contribution < -0.4 is 5.32 Å². The molecular formula is C21H27N3O4S. The largest absolute Gasteiger partial charge is 0.458 e. The first-order chi connectivity index (χ1) is 13.8. The first-order valence-corrected chi connectivity index (χ1v) is 10.5. The monoisotopic (exact) mass is 417 g/mol. The SMILES string of the molecule is CC(C)(C)OC(=O)[C@H]1CN(CC(=O)N[C@H](c2ccccc2)c2nccs2)CCO1. The van der Waals surface area contributed by atoms with Gasteiger partial charge in [0.1, 0.15) is 16.7 Å². The van der Waals surface area contributed by atoms with Crippen LogP contribution >= 0.6 is 11.3 Å². The Hall–Kier alpha value is -2.29. The number of aromatic nitrogens is 1. The smallest absolute Gasteiger partial charge is 0.337 e. The minimum absolute atomic E-state index is 0.126. The number of carbonyl (C=O) groups excluding carboxylic acids is 2. The maximum absolute atomic E-state index is 12.8. The summed E-state index contributed by atoms with van der Waals surface area (Å²) in [6.45, 7) is 6.93. The lowest BCUT2D eigenvalue weighted by molar-refractivity contribution is -0.174. The number of rotatable bonds is 6. The maximum Gasteiger partial charge on any atom is 0.337 e. The van der Waals surface area contributed by atoms with Gasteiger partial charge in [-0.25, -0.2) is 9.78 Å². The predicted octanol–water partition coefficient (Wildman–Crippen LogP) is 2.39. The number of nitrogens with zero attached hydrogens (tertiary/aromatic N) is 2. The number of hydrogen-bond donors (Lipinski definition) is 1. The van der Waals surface area contributed by atoms with Gasteiger partial charge in [0.05, 0.1) is 13.2 Å². The van der Waals surface area contributed by atoms with Crippen molar-refractivity contribution in [1.29, 1.82) is 0 Å². The van der Waals surface area contributed by atoms with Gasteiger partial charge in [0.2, 0.25) is 5.91 Å². The van der Waals surface area contributed by atoms with Gasteiger partial charge >= 0.3 is 5.97 Å². The molecule has 0 aliphatic carbocycles. The van der Waals surface area contributed by atoms with Crippen molar-refractivity contribution in [3.8, 4) is 0 Å². The molecule has 0 radical (unpaired) electrons. The van der Waals surface area contributed by atoms with Crippen molar-refractivity contribution in [2.45, 2.75) is 38.5 Å². The maximum atomic E-state index is 12.8. The fraction of sp³-hybridized carbons (Fsp3) is 0.476. The summed E-state index contributed by atoms with van der Waals surface area (Å²) in [4.78, 5) is 31.3. The van der Waals surface area contributed by atoms with Gasteiger partial charge in [-0.15, -0.1) is 11.3 Å². The number of hydrogen-bond acceptors (Lipinski definition) is 7. The topological polar surface area (TPSA) is 80.8 Å². The van der Waals surface area contributed by atoms with Crippen LogP contribution in [0.4, 0.5) is 0 Å². The molecule has 1 fully saturated rings. The summed E-state index contributed by atoms with van der Waals surface area (Å²) >= 11 is 1.50. The summed E-state index contributed by atoms with van der Waals surface area (Å²) in [7, 11) is 0. The summed E-state index contributed by atoms with van der Waals surface area (Å²) in [5, 5.41) is 5.80. The van der Waals surface area contributed by atoms with Crippen LogP contribution in [0.1, 0.15) is 37.4 Å². The molecular weight excluding hydrogens is 390 g/mol. The van der Waals surface area contributed by atoms with Crippen LogP contribution in [0.5, 0.6) is 0 Å². The molecule has 156 valence electrons. The summed E-state index contributed by atoms with van der Waals surface area (Å²) in [5.41, 5.74) is 0.404. The van der Waals surface area contributed by atoms with E-state index >= 15 is 0 Å². The molecule has 0 spiro atoms. The molecule has 1 N–H and O–H groups in total. The van der Waals surface area contributed by atoms with E-state index in [2.05, 4.69) is 10.3 Å². The van der Waals surface area contributed by atoms with E-state index in [0.29, 0.717) is 19.7 Å². The average Bonchev–Trinajstić information content (AvgIpc) is 3.20. The Bertz CT molecular complexity index is 805. The molecule has 7 nitrogen and oxygen atoms in total. The van der Waals surface area contributed by atoms with Gasteiger partial charge in [0, 0.05) is 24.7 Å². The summed E-state index contributed by atoms with van der Waals surface area (Å²) < 4.78 is 11.0. The minimum Gasteiger partial charge on any atom is -0.458 e. The number of benzene rings is 1. The van der Waals surface area contributed by atoms with Gasteiger partial charge in [-0.1, -0.05) is 30.3 Å². The molecule has 8 heteroatoms. The zero-order chi connectivity index (χ0) is 20.9. The van der Waals surface area contributed by atoms with Gasteiger partial charge in [-0.05, 0) is 26.3 Å². The highest BCUT2D eigenvalue weighted by Gasteiger charge is 2.31. The summed E-state index contributed by atoms with van der Waals surface area (Å²) in [6.07, 6.45) is 1.05. The molecule has 1 aromatic heterocycles. The van der Waals surface area contributed by atoms with E-state index in [1.54, 1.807) is 6.20 Å². The molecule has 1 aliphatic heterocycles. The van der Waals surface area contributed by atoms with E-state index in [1.165, 1.54) is 11.3 Å². The Kier molecular flexibility index (Phi) is 7.00. The lowest BCUT2D eigenvalue weighted by Gasteiger charge is -2.33. The Morgan fingerprint density at radius 1 is 1.34 bits per heavy atom. The van der Waals surface area contributed by atoms with E-state index in [-0.39, 0.29) is 18.5 Å². The fourth-order valence-electron chi connectivity index (χ4n) is 3.08. The predicted molar refractivity (Wildman–Crippen MR) is 111 cm³/mol. The normalized spacial score (nSPS) is 18.8. The van der Waals surface area contributed by atoms with Gasteiger partial charge < -0.3 is 14.8 Å². The van der Waals surface area contributed by atoms with Crippen LogP contribution in [-0.2, 0) is 19.1 Å². The van der Waals surface area contributed by atoms with Crippen molar-refractivity contribution in [3.63, 3.8) is 0 Å². The molecule has 0 unspecified atom stereocenters. The molecule has 0 bridgehead atoms. The number of esters is 1. The van der Waals surface area contributed by atoms with Crippen LogP contribution in [0.15, 0.2) is 41.9 Å². The second-order valence-electron chi connectivity index (χ2n) is 7.91. The Balaban J connectivity index is 1.61. The molecule has 2 aromatic rings. The minimum atomic E-state index is -0.681. The van der Waals surface area contributed by atoms with Crippen LogP contribution in [-0.4, -0.2) is 59.7 Å². The van der Waals surface area contributed by atoms with Crippen LogP contribution in [0.2, 0.25) is 0 Å². The first-order valence-electron chi connectivity index (χ1n) is 9.62. The van der Waals surface area contributed by atoms with Crippen molar-refractivity contribution < 1.29 is 19.1 Å². The molecule has 3 rings (SSSR count). The number of carbonyl (C=O) groups is 2. The molecule has 1 aromatic carbocycles. The highest BCUT2D eigenvalue weighted by Crippen LogP contribution is 2.23. The fourth-order valence-corrected chi connectivity index (χ4v) is 3.79. The standard InChI is InChI=1S/C21H27N3O4S/c1-21(2,3)28-20(26)16-13-24(10-11-27-16)14-17(25)23-18(19-22-9-12-29-19)15-7-5-4-6-8-15/h4-9,12,16,18H,10-11,13-14H2,1-3H3,(H,23,25)/t16-,18-/m1/s1. The molecule has 1 saturated heterocycles. The van der Waals surface area contributed by atoms with E-state index < -0.39 is 17.7 Å². The zero-order valence-corrected chi connectivity index (χ0v) is 17.8. The third kappa shape index (κ3) is 6.35. The Morgan fingerprint density at radius 3 is 2.76 bits per heavy atom. The van der Waals surface area contributed by atoms with Gasteiger partial charge in [-0.3, -0.25) is 9.69 Å². The Morgan fingerprint density at radius 2 is 2.10 bits per heavy atom. The van der Waals surface area contributed by atoms with Gasteiger partial charge in [-0.2, -0.15) is 0 Å². The van der Waals surface area contributed by atoms with Crippen LogP contribution in [0, 0.1) is 0 Å². The van der Waals surface area contributed by atoms with Crippen molar-refractivity contribution in [2.75, 3.05) is 26.2 Å². The van der Waals surface area contributed by atoms with Crippen molar-refractivity contribution in [3.05, 3.63) is 52.5 Å².